The Hall–Kier alpha value is -2.28. The van der Waals surface area contributed by atoms with Crippen LogP contribution < -0.4 is 15.0 Å². The summed E-state index contributed by atoms with van der Waals surface area (Å²) >= 11 is 6.04. The molecule has 0 aliphatic carbocycles. The third-order valence-electron chi connectivity index (χ3n) is 3.55. The topological polar surface area (TPSA) is 72.3 Å². The van der Waals surface area contributed by atoms with E-state index < -0.39 is 0 Å². The highest BCUT2D eigenvalue weighted by Gasteiger charge is 2.21. The van der Waals surface area contributed by atoms with Crippen molar-refractivity contribution in [1.82, 2.24) is 20.1 Å². The Bertz CT molecular complexity index is 677. The molecule has 0 saturated carbocycles. The maximum Gasteiger partial charge on any atom is 0.239 e. The van der Waals surface area contributed by atoms with Crippen LogP contribution in [0.4, 0.5) is 5.69 Å². The second-order valence-electron chi connectivity index (χ2n) is 5.47. The van der Waals surface area contributed by atoms with E-state index in [0.717, 1.165) is 11.4 Å². The molecular formula is C15H18ClN5O2. The second-order valence-corrected chi connectivity index (χ2v) is 5.90. The van der Waals surface area contributed by atoms with Gasteiger partial charge in [0.15, 0.2) is 0 Å². The minimum Gasteiger partial charge on any atom is -0.490 e. The van der Waals surface area contributed by atoms with Gasteiger partial charge >= 0.3 is 0 Å². The fourth-order valence-corrected chi connectivity index (χ4v) is 2.72. The molecule has 0 radical (unpaired) electrons. The molecule has 0 saturated heterocycles. The van der Waals surface area contributed by atoms with Crippen molar-refractivity contribution < 1.29 is 9.53 Å². The Morgan fingerprint density at radius 3 is 3.17 bits per heavy atom. The van der Waals surface area contributed by atoms with E-state index in [1.807, 2.05) is 24.0 Å². The molecule has 1 aliphatic heterocycles. The van der Waals surface area contributed by atoms with Crippen molar-refractivity contribution >= 4 is 23.2 Å². The summed E-state index contributed by atoms with van der Waals surface area (Å²) < 4.78 is 7.28. The van der Waals surface area contributed by atoms with Gasteiger partial charge in [-0.05, 0) is 25.1 Å². The number of hydrogen-bond acceptors (Lipinski definition) is 5. The van der Waals surface area contributed by atoms with Crippen LogP contribution in [0.2, 0.25) is 5.02 Å². The van der Waals surface area contributed by atoms with E-state index in [0.29, 0.717) is 24.7 Å². The summed E-state index contributed by atoms with van der Waals surface area (Å²) in [6.07, 6.45) is 3.10. The number of ether oxygens (including phenoxy) is 1. The highest BCUT2D eigenvalue weighted by molar-refractivity contribution is 6.31. The van der Waals surface area contributed by atoms with Gasteiger partial charge in [-0.25, -0.2) is 4.98 Å². The van der Waals surface area contributed by atoms with Crippen LogP contribution in [-0.2, 0) is 11.3 Å². The van der Waals surface area contributed by atoms with Gasteiger partial charge in [0.05, 0.1) is 25.3 Å². The normalized spacial score (nSPS) is 14.8. The lowest BCUT2D eigenvalue weighted by atomic mass is 10.2. The standard InChI is InChI=1S/C15H18ClN5O2/c1-11(7-21-10-17-9-18-21)19-15(22)8-20-4-5-23-14-3-2-12(16)6-13(14)20/h2-3,6,9-11H,4-5,7-8H2,1H3,(H,19,22)/t11-/m0/s1. The number of benzene rings is 1. The van der Waals surface area contributed by atoms with Crippen LogP contribution in [0.1, 0.15) is 6.92 Å². The van der Waals surface area contributed by atoms with Crippen LogP contribution >= 0.6 is 11.6 Å². The number of carbonyl (C=O) groups is 1. The van der Waals surface area contributed by atoms with Crippen molar-refractivity contribution in [2.45, 2.75) is 19.5 Å². The van der Waals surface area contributed by atoms with E-state index >= 15 is 0 Å². The number of nitrogens with zero attached hydrogens (tertiary/aromatic N) is 4. The number of anilines is 1. The highest BCUT2D eigenvalue weighted by atomic mass is 35.5. The van der Waals surface area contributed by atoms with E-state index in [2.05, 4.69) is 15.4 Å². The summed E-state index contributed by atoms with van der Waals surface area (Å²) in [4.78, 5) is 18.1. The Balaban J connectivity index is 1.59. The first kappa shape index (κ1) is 15.6. The summed E-state index contributed by atoms with van der Waals surface area (Å²) in [5.74, 6) is 0.703. The Morgan fingerprint density at radius 2 is 2.39 bits per heavy atom. The number of aromatic nitrogens is 3. The molecule has 1 aromatic heterocycles. The van der Waals surface area contributed by atoms with E-state index in [9.17, 15) is 4.79 Å². The molecule has 0 spiro atoms. The van der Waals surface area contributed by atoms with E-state index in [4.69, 9.17) is 16.3 Å². The van der Waals surface area contributed by atoms with Gasteiger partial charge in [-0.15, -0.1) is 0 Å². The van der Waals surface area contributed by atoms with Crippen LogP contribution in [0.5, 0.6) is 5.75 Å². The van der Waals surface area contributed by atoms with Gasteiger partial charge < -0.3 is 15.0 Å². The van der Waals surface area contributed by atoms with Gasteiger partial charge in [0.25, 0.3) is 0 Å². The van der Waals surface area contributed by atoms with Crippen LogP contribution in [0, 0.1) is 0 Å². The number of amides is 1. The first-order valence-corrected chi connectivity index (χ1v) is 7.78. The molecule has 8 heteroatoms. The number of carbonyl (C=O) groups excluding carboxylic acids is 1. The maximum atomic E-state index is 12.3. The summed E-state index contributed by atoms with van der Waals surface area (Å²) in [7, 11) is 0. The van der Waals surface area contributed by atoms with Crippen molar-refractivity contribution in [3.63, 3.8) is 0 Å². The largest absolute Gasteiger partial charge is 0.490 e. The molecule has 0 fully saturated rings. The molecule has 122 valence electrons. The first-order chi connectivity index (χ1) is 11.1. The fraction of sp³-hybridized carbons (Fsp3) is 0.400. The van der Waals surface area contributed by atoms with Crippen molar-refractivity contribution in [1.29, 1.82) is 0 Å². The zero-order valence-electron chi connectivity index (χ0n) is 12.8. The first-order valence-electron chi connectivity index (χ1n) is 7.41. The minimum atomic E-state index is -0.0505. The number of rotatable bonds is 5. The van der Waals surface area contributed by atoms with Crippen LogP contribution in [0.15, 0.2) is 30.9 Å². The number of nitrogens with one attached hydrogen (secondary N) is 1. The second kappa shape index (κ2) is 6.87. The Morgan fingerprint density at radius 1 is 1.52 bits per heavy atom. The molecule has 1 N–H and O–H groups in total. The number of hydrogen-bond donors (Lipinski definition) is 1. The third-order valence-corrected chi connectivity index (χ3v) is 3.78. The summed E-state index contributed by atoms with van der Waals surface area (Å²) in [5, 5.41) is 7.62. The SMILES string of the molecule is C[C@@H](Cn1cncn1)NC(=O)CN1CCOc2ccc(Cl)cc21. The van der Waals surface area contributed by atoms with Crippen molar-refractivity contribution in [2.75, 3.05) is 24.6 Å². The average molecular weight is 336 g/mol. The molecule has 1 atom stereocenters. The predicted octanol–water partition coefficient (Wildman–Crippen LogP) is 1.34. The molecule has 2 aromatic rings. The fourth-order valence-electron chi connectivity index (χ4n) is 2.56. The predicted molar refractivity (Wildman–Crippen MR) is 86.8 cm³/mol. The molecule has 1 aromatic carbocycles. The van der Waals surface area contributed by atoms with Crippen molar-refractivity contribution in [2.24, 2.45) is 0 Å². The smallest absolute Gasteiger partial charge is 0.239 e. The van der Waals surface area contributed by atoms with Gasteiger partial charge in [0, 0.05) is 11.1 Å². The lowest BCUT2D eigenvalue weighted by Gasteiger charge is -2.31. The van der Waals surface area contributed by atoms with Crippen LogP contribution in [-0.4, -0.2) is 46.4 Å². The molecule has 1 aliphatic rings. The van der Waals surface area contributed by atoms with Crippen molar-refractivity contribution in [3.8, 4) is 5.75 Å². The molecule has 7 nitrogen and oxygen atoms in total. The van der Waals surface area contributed by atoms with Gasteiger partial charge in [-0.2, -0.15) is 5.10 Å². The lowest BCUT2D eigenvalue weighted by Crippen LogP contribution is -2.44. The van der Waals surface area contributed by atoms with Gasteiger partial charge in [0.1, 0.15) is 25.0 Å². The van der Waals surface area contributed by atoms with Gasteiger partial charge in [-0.3, -0.25) is 9.48 Å². The van der Waals surface area contributed by atoms with Crippen molar-refractivity contribution in [3.05, 3.63) is 35.9 Å². The molecule has 0 bridgehead atoms. The number of fused-ring (bicyclic) bond motifs is 1. The monoisotopic (exact) mass is 335 g/mol. The Kier molecular flexibility index (Phi) is 4.66. The highest BCUT2D eigenvalue weighted by Crippen LogP contribution is 2.33. The number of halogens is 1. The summed E-state index contributed by atoms with van der Waals surface area (Å²) in [6, 6.07) is 5.39. The Labute approximate surface area is 139 Å². The molecular weight excluding hydrogens is 318 g/mol. The molecule has 23 heavy (non-hydrogen) atoms. The van der Waals surface area contributed by atoms with E-state index in [1.54, 1.807) is 17.1 Å². The maximum absolute atomic E-state index is 12.3. The molecule has 1 amide bonds. The molecule has 0 unspecified atom stereocenters. The van der Waals surface area contributed by atoms with Crippen LogP contribution in [0.25, 0.3) is 0 Å². The molecule has 2 heterocycles. The quantitative estimate of drug-likeness (QED) is 0.892. The lowest BCUT2D eigenvalue weighted by molar-refractivity contribution is -0.120. The van der Waals surface area contributed by atoms with E-state index in [-0.39, 0.29) is 18.5 Å². The zero-order chi connectivity index (χ0) is 16.2. The van der Waals surface area contributed by atoms with Gasteiger partial charge in [-0.1, -0.05) is 11.6 Å². The molecule has 3 rings (SSSR count). The van der Waals surface area contributed by atoms with Crippen LogP contribution in [0.3, 0.4) is 0 Å². The third kappa shape index (κ3) is 3.92. The minimum absolute atomic E-state index is 0.0379. The summed E-state index contributed by atoms with van der Waals surface area (Å²) in [6.45, 7) is 3.98. The van der Waals surface area contributed by atoms with Gasteiger partial charge in [0.2, 0.25) is 5.91 Å². The van der Waals surface area contributed by atoms with E-state index in [1.165, 1.54) is 6.33 Å². The summed E-state index contributed by atoms with van der Waals surface area (Å²) in [5.41, 5.74) is 0.850. The average Bonchev–Trinajstić information content (AvgIpc) is 3.00. The zero-order valence-corrected chi connectivity index (χ0v) is 13.5.